The standard InChI is InChI=1S/C16H22ClN3O2/c17-13-10-11(15(21)20-16(18)19)8-9-14(13)22-12-6-4-2-1-3-5-7-12/h8-10,12H,1-7H2,(H4,18,19,20,21). The molecule has 1 amide bonds. The lowest BCUT2D eigenvalue weighted by molar-refractivity contribution is 0.100. The third-order valence-corrected chi connectivity index (χ3v) is 4.05. The highest BCUT2D eigenvalue weighted by atomic mass is 35.5. The van der Waals surface area contributed by atoms with Crippen LogP contribution in [0.25, 0.3) is 0 Å². The molecule has 0 spiro atoms. The van der Waals surface area contributed by atoms with Crippen LogP contribution in [-0.4, -0.2) is 18.0 Å². The van der Waals surface area contributed by atoms with Gasteiger partial charge in [0.1, 0.15) is 5.75 Å². The van der Waals surface area contributed by atoms with Gasteiger partial charge in [-0.3, -0.25) is 4.79 Å². The Bertz CT molecular complexity index is 548. The number of amides is 1. The fourth-order valence-corrected chi connectivity index (χ4v) is 2.85. The van der Waals surface area contributed by atoms with E-state index in [1.807, 2.05) is 0 Å². The molecule has 4 N–H and O–H groups in total. The van der Waals surface area contributed by atoms with Crippen molar-refractivity contribution in [2.75, 3.05) is 0 Å². The van der Waals surface area contributed by atoms with Crippen molar-refractivity contribution >= 4 is 23.5 Å². The van der Waals surface area contributed by atoms with Crippen LogP contribution >= 0.6 is 11.6 Å². The van der Waals surface area contributed by atoms with Crippen molar-refractivity contribution in [3.8, 4) is 5.75 Å². The summed E-state index contributed by atoms with van der Waals surface area (Å²) >= 11 is 6.21. The lowest BCUT2D eigenvalue weighted by atomic mass is 9.98. The van der Waals surface area contributed by atoms with Crippen molar-refractivity contribution in [3.05, 3.63) is 28.8 Å². The van der Waals surface area contributed by atoms with E-state index >= 15 is 0 Å². The van der Waals surface area contributed by atoms with Crippen molar-refractivity contribution in [1.29, 1.82) is 0 Å². The summed E-state index contributed by atoms with van der Waals surface area (Å²) < 4.78 is 6.01. The number of hydrogen-bond donors (Lipinski definition) is 2. The summed E-state index contributed by atoms with van der Waals surface area (Å²) in [6.45, 7) is 0. The Morgan fingerprint density at radius 1 is 1.14 bits per heavy atom. The number of carbonyl (C=O) groups excluding carboxylic acids is 1. The van der Waals surface area contributed by atoms with Crippen LogP contribution in [0.3, 0.4) is 0 Å². The maximum Gasteiger partial charge on any atom is 0.280 e. The molecular weight excluding hydrogens is 302 g/mol. The van der Waals surface area contributed by atoms with Gasteiger partial charge in [0.2, 0.25) is 0 Å². The molecule has 120 valence electrons. The molecule has 0 heterocycles. The molecule has 0 aliphatic heterocycles. The molecule has 1 aliphatic rings. The first kappa shape index (κ1) is 16.6. The first-order chi connectivity index (χ1) is 10.6. The molecule has 0 bridgehead atoms. The number of carbonyl (C=O) groups is 1. The van der Waals surface area contributed by atoms with Gasteiger partial charge in [-0.25, -0.2) is 0 Å². The first-order valence-electron chi connectivity index (χ1n) is 7.66. The number of rotatable bonds is 3. The molecule has 1 fully saturated rings. The van der Waals surface area contributed by atoms with Crippen molar-refractivity contribution in [1.82, 2.24) is 0 Å². The minimum absolute atomic E-state index is 0.192. The van der Waals surface area contributed by atoms with E-state index in [1.165, 1.54) is 38.2 Å². The Kier molecular flexibility index (Phi) is 6.07. The molecule has 5 nitrogen and oxygen atoms in total. The van der Waals surface area contributed by atoms with Crippen LogP contribution in [0.2, 0.25) is 5.02 Å². The highest BCUT2D eigenvalue weighted by Crippen LogP contribution is 2.29. The van der Waals surface area contributed by atoms with Gasteiger partial charge in [0.15, 0.2) is 5.96 Å². The summed E-state index contributed by atoms with van der Waals surface area (Å²) in [5.41, 5.74) is 10.7. The van der Waals surface area contributed by atoms with Crippen LogP contribution in [0.15, 0.2) is 23.2 Å². The van der Waals surface area contributed by atoms with Gasteiger partial charge in [0.05, 0.1) is 11.1 Å². The van der Waals surface area contributed by atoms with Crippen LogP contribution < -0.4 is 16.2 Å². The average molecular weight is 324 g/mol. The van der Waals surface area contributed by atoms with Crippen LogP contribution in [0, 0.1) is 0 Å². The molecule has 0 atom stereocenters. The van der Waals surface area contributed by atoms with E-state index in [1.54, 1.807) is 12.1 Å². The van der Waals surface area contributed by atoms with Gasteiger partial charge < -0.3 is 16.2 Å². The zero-order chi connectivity index (χ0) is 15.9. The van der Waals surface area contributed by atoms with E-state index in [2.05, 4.69) is 4.99 Å². The molecule has 6 heteroatoms. The number of ether oxygens (including phenoxy) is 1. The summed E-state index contributed by atoms with van der Waals surface area (Å²) in [4.78, 5) is 15.2. The van der Waals surface area contributed by atoms with Gasteiger partial charge >= 0.3 is 0 Å². The number of aliphatic imine (C=N–C) groups is 1. The Morgan fingerprint density at radius 2 is 1.77 bits per heavy atom. The summed E-state index contributed by atoms with van der Waals surface area (Å²) in [6, 6.07) is 4.87. The van der Waals surface area contributed by atoms with Crippen LogP contribution in [0.5, 0.6) is 5.75 Å². The third-order valence-electron chi connectivity index (χ3n) is 3.76. The minimum Gasteiger partial charge on any atom is -0.489 e. The Balaban J connectivity index is 2.05. The van der Waals surface area contributed by atoms with Gasteiger partial charge in [-0.1, -0.05) is 30.9 Å². The number of hydrogen-bond acceptors (Lipinski definition) is 2. The number of nitrogens with two attached hydrogens (primary N) is 2. The highest BCUT2D eigenvalue weighted by molar-refractivity contribution is 6.32. The van der Waals surface area contributed by atoms with Gasteiger partial charge in [-0.05, 0) is 43.9 Å². The van der Waals surface area contributed by atoms with E-state index in [4.69, 9.17) is 27.8 Å². The summed E-state index contributed by atoms with van der Waals surface area (Å²) in [5.74, 6) is -0.177. The molecule has 0 radical (unpaired) electrons. The molecule has 1 aliphatic carbocycles. The molecule has 0 saturated heterocycles. The molecule has 0 aromatic heterocycles. The van der Waals surface area contributed by atoms with Crippen molar-refractivity contribution in [3.63, 3.8) is 0 Å². The fourth-order valence-electron chi connectivity index (χ4n) is 2.63. The monoisotopic (exact) mass is 323 g/mol. The molecular formula is C16H22ClN3O2. The van der Waals surface area contributed by atoms with Gasteiger partial charge in [-0.2, -0.15) is 4.99 Å². The molecule has 1 saturated carbocycles. The van der Waals surface area contributed by atoms with E-state index in [9.17, 15) is 4.79 Å². The molecule has 2 rings (SSSR count). The summed E-state index contributed by atoms with van der Waals surface area (Å²) in [5, 5.41) is 0.402. The van der Waals surface area contributed by atoms with Crippen LogP contribution in [0.4, 0.5) is 0 Å². The quantitative estimate of drug-likeness (QED) is 0.660. The fraction of sp³-hybridized carbons (Fsp3) is 0.500. The Labute approximate surface area is 135 Å². The zero-order valence-corrected chi connectivity index (χ0v) is 13.3. The average Bonchev–Trinajstić information content (AvgIpc) is 2.42. The second kappa shape index (κ2) is 8.03. The summed E-state index contributed by atoms with van der Waals surface area (Å²) in [7, 11) is 0. The van der Waals surface area contributed by atoms with Crippen LogP contribution in [0.1, 0.15) is 55.3 Å². The van der Waals surface area contributed by atoms with E-state index in [0.717, 1.165) is 12.8 Å². The number of halogens is 1. The number of guanidine groups is 1. The van der Waals surface area contributed by atoms with Gasteiger partial charge in [0.25, 0.3) is 5.91 Å². The smallest absolute Gasteiger partial charge is 0.280 e. The maximum atomic E-state index is 11.7. The zero-order valence-electron chi connectivity index (χ0n) is 12.6. The SMILES string of the molecule is NC(N)=NC(=O)c1ccc(OC2CCCCCCC2)c(Cl)c1. The van der Waals surface area contributed by atoms with Gasteiger partial charge in [-0.15, -0.1) is 0 Å². The molecule has 22 heavy (non-hydrogen) atoms. The second-order valence-corrected chi connectivity index (χ2v) is 5.98. The molecule has 0 unspecified atom stereocenters. The normalized spacial score (nSPS) is 16.4. The highest BCUT2D eigenvalue weighted by Gasteiger charge is 2.15. The predicted octanol–water partition coefficient (Wildman–Crippen LogP) is 3.25. The molecule has 1 aromatic rings. The van der Waals surface area contributed by atoms with E-state index < -0.39 is 5.91 Å². The molecule has 1 aromatic carbocycles. The van der Waals surface area contributed by atoms with E-state index in [-0.39, 0.29) is 12.1 Å². The second-order valence-electron chi connectivity index (χ2n) is 5.57. The van der Waals surface area contributed by atoms with Crippen LogP contribution in [-0.2, 0) is 0 Å². The summed E-state index contributed by atoms with van der Waals surface area (Å²) in [6.07, 6.45) is 8.49. The predicted molar refractivity (Wildman–Crippen MR) is 88.3 cm³/mol. The lowest BCUT2D eigenvalue weighted by Crippen LogP contribution is -2.24. The Hall–Kier alpha value is -1.75. The van der Waals surface area contributed by atoms with Gasteiger partial charge in [0, 0.05) is 5.56 Å². The van der Waals surface area contributed by atoms with E-state index in [0.29, 0.717) is 16.3 Å². The van der Waals surface area contributed by atoms with Crippen molar-refractivity contribution < 1.29 is 9.53 Å². The first-order valence-corrected chi connectivity index (χ1v) is 8.04. The van der Waals surface area contributed by atoms with Crippen molar-refractivity contribution in [2.24, 2.45) is 16.5 Å². The number of benzene rings is 1. The third kappa shape index (κ3) is 4.91. The number of nitrogens with zero attached hydrogens (tertiary/aromatic N) is 1. The minimum atomic E-state index is -0.514. The topological polar surface area (TPSA) is 90.7 Å². The lowest BCUT2D eigenvalue weighted by Gasteiger charge is -2.22. The Morgan fingerprint density at radius 3 is 2.36 bits per heavy atom. The maximum absolute atomic E-state index is 11.7. The van der Waals surface area contributed by atoms with Crippen molar-refractivity contribution in [2.45, 2.75) is 51.0 Å². The largest absolute Gasteiger partial charge is 0.489 e.